The number of amides is 4. The van der Waals surface area contributed by atoms with E-state index in [0.717, 1.165) is 83.4 Å². The first-order valence-electron chi connectivity index (χ1n) is 24.6. The van der Waals surface area contributed by atoms with Gasteiger partial charge >= 0.3 is 5.63 Å². The Morgan fingerprint density at radius 2 is 0.901 bits per heavy atom. The van der Waals surface area contributed by atoms with Crippen molar-refractivity contribution in [2.45, 2.75) is 125 Å². The maximum Gasteiger partial charge on any atom is 0.341 e. The monoisotopic (exact) mass is 960 g/mol. The number of fused-ring (bicyclic) bond motifs is 2. The van der Waals surface area contributed by atoms with Crippen molar-refractivity contribution in [3.05, 3.63) is 140 Å². The maximum atomic E-state index is 13.2. The van der Waals surface area contributed by atoms with Gasteiger partial charge in [0.2, 0.25) is 23.6 Å². The van der Waals surface area contributed by atoms with Gasteiger partial charge in [-0.3, -0.25) is 39.1 Å². The average molecular weight is 961 g/mol. The van der Waals surface area contributed by atoms with E-state index in [2.05, 4.69) is 53.3 Å². The first-order valence-corrected chi connectivity index (χ1v) is 24.6. The second-order valence-electron chi connectivity index (χ2n) is 18.3. The third kappa shape index (κ3) is 14.3. The number of hydrogen-bond acceptors (Lipinski definition) is 11. The molecule has 15 heteroatoms. The highest BCUT2D eigenvalue weighted by Crippen LogP contribution is 2.35. The van der Waals surface area contributed by atoms with Gasteiger partial charge in [-0.05, 0) is 168 Å². The van der Waals surface area contributed by atoms with E-state index in [1.807, 2.05) is 83.3 Å². The fraction of sp³-hybridized carbons (Fsp3) is 0.375. The maximum absolute atomic E-state index is 13.2. The van der Waals surface area contributed by atoms with Gasteiger partial charge in [-0.15, -0.1) is 0 Å². The van der Waals surface area contributed by atoms with Crippen molar-refractivity contribution in [2.75, 3.05) is 13.1 Å². The number of furan rings is 1. The highest BCUT2D eigenvalue weighted by molar-refractivity contribution is 6.00. The van der Waals surface area contributed by atoms with E-state index in [4.69, 9.17) is 8.83 Å². The minimum absolute atomic E-state index is 0.0291. The molecule has 7 aromatic rings. The quantitative estimate of drug-likeness (QED) is 0.0332. The minimum atomic E-state index is -0.554. The summed E-state index contributed by atoms with van der Waals surface area (Å²) in [5.74, 6) is -0.0195. The molecular formula is C56H64N8O7. The lowest BCUT2D eigenvalue weighted by Gasteiger charge is -2.11. The largest absolute Gasteiger partial charge is 0.461 e. The zero-order valence-corrected chi connectivity index (χ0v) is 41.5. The van der Waals surface area contributed by atoms with Crippen LogP contribution >= 0.6 is 0 Å². The zero-order chi connectivity index (χ0) is 50.3. The van der Waals surface area contributed by atoms with E-state index in [1.54, 1.807) is 18.6 Å². The van der Waals surface area contributed by atoms with Crippen molar-refractivity contribution in [1.82, 2.24) is 41.2 Å². The van der Waals surface area contributed by atoms with Crippen molar-refractivity contribution in [2.24, 2.45) is 0 Å². The Hall–Kier alpha value is -7.55. The Kier molecular flexibility index (Phi) is 17.9. The molecule has 0 radical (unpaired) electrons. The summed E-state index contributed by atoms with van der Waals surface area (Å²) in [6, 6.07) is 18.0. The van der Waals surface area contributed by atoms with Crippen LogP contribution in [0.25, 0.3) is 44.7 Å². The molecule has 1 aromatic carbocycles. The number of benzene rings is 1. The van der Waals surface area contributed by atoms with E-state index in [9.17, 15) is 24.0 Å². The molecule has 71 heavy (non-hydrogen) atoms. The number of nitrogens with one attached hydrogen (secondary N) is 4. The van der Waals surface area contributed by atoms with Gasteiger partial charge in [0, 0.05) is 92.0 Å². The normalized spacial score (nSPS) is 11.2. The van der Waals surface area contributed by atoms with Crippen molar-refractivity contribution >= 4 is 45.6 Å². The van der Waals surface area contributed by atoms with Crippen LogP contribution in [-0.4, -0.2) is 56.7 Å². The first kappa shape index (κ1) is 51.3. The molecule has 15 nitrogen and oxygen atoms in total. The van der Waals surface area contributed by atoms with Crippen molar-refractivity contribution < 1.29 is 28.0 Å². The van der Waals surface area contributed by atoms with Crippen LogP contribution in [0, 0.1) is 34.6 Å². The van der Waals surface area contributed by atoms with Gasteiger partial charge in [-0.25, -0.2) is 4.79 Å². The van der Waals surface area contributed by atoms with E-state index >= 15 is 0 Å². The summed E-state index contributed by atoms with van der Waals surface area (Å²) < 4.78 is 12.0. The predicted octanol–water partition coefficient (Wildman–Crippen LogP) is 8.85. The fourth-order valence-electron chi connectivity index (χ4n) is 8.65. The van der Waals surface area contributed by atoms with Crippen molar-refractivity contribution in [1.29, 1.82) is 0 Å². The minimum Gasteiger partial charge on any atom is -0.461 e. The summed E-state index contributed by atoms with van der Waals surface area (Å²) in [4.78, 5) is 81.9. The predicted molar refractivity (Wildman–Crippen MR) is 274 cm³/mol. The van der Waals surface area contributed by atoms with Crippen molar-refractivity contribution in [3.63, 3.8) is 0 Å². The average Bonchev–Trinajstić information content (AvgIpc) is 3.68. The number of unbranched alkanes of at least 4 members (excludes halogenated alkanes) is 2. The van der Waals surface area contributed by atoms with Gasteiger partial charge < -0.3 is 30.1 Å². The summed E-state index contributed by atoms with van der Waals surface area (Å²) in [5, 5.41) is 13.2. The van der Waals surface area contributed by atoms with Crippen LogP contribution in [0.2, 0.25) is 0 Å². The Balaban J connectivity index is 0.805. The number of hydrogen-bond donors (Lipinski definition) is 4. The van der Waals surface area contributed by atoms with E-state index in [1.165, 1.54) is 11.1 Å². The third-order valence-electron chi connectivity index (χ3n) is 12.7. The Morgan fingerprint density at radius 3 is 1.39 bits per heavy atom. The Labute approximate surface area is 414 Å². The number of aromatic nitrogens is 4. The number of aryl methyl sites for hydroxylation is 7. The van der Waals surface area contributed by atoms with Crippen LogP contribution < -0.4 is 26.9 Å². The summed E-state index contributed by atoms with van der Waals surface area (Å²) in [6.45, 7) is 10.8. The molecule has 0 unspecified atom stereocenters. The summed E-state index contributed by atoms with van der Waals surface area (Å²) in [7, 11) is 0. The van der Waals surface area contributed by atoms with Crippen LogP contribution in [-0.2, 0) is 45.1 Å². The smallest absolute Gasteiger partial charge is 0.341 e. The SMILES string of the molecule is Cc1ccnc(-c2cc(CCCCNC(=O)CCCC(=O)NCc3c(C)c4cc5c(CNC(=O)CCCC(=O)NCCCCc6ccnc(-c7cc(C)ccn7)c6)c(C)oc5c(C)c4oc3=O)ccn2)c1. The molecule has 0 spiro atoms. The molecule has 0 saturated carbocycles. The van der Waals surface area contributed by atoms with Gasteiger partial charge in [0.1, 0.15) is 16.9 Å². The van der Waals surface area contributed by atoms with E-state index < -0.39 is 5.63 Å². The molecule has 4 amide bonds. The van der Waals surface area contributed by atoms with Crippen LogP contribution in [0.3, 0.4) is 0 Å². The lowest BCUT2D eigenvalue weighted by molar-refractivity contribution is -0.124. The number of carbonyl (C=O) groups is 4. The number of pyridine rings is 4. The first-order chi connectivity index (χ1) is 34.3. The zero-order valence-electron chi connectivity index (χ0n) is 41.5. The Bertz CT molecular complexity index is 3090. The molecule has 0 saturated heterocycles. The third-order valence-corrected chi connectivity index (χ3v) is 12.7. The summed E-state index contributed by atoms with van der Waals surface area (Å²) >= 11 is 0. The van der Waals surface area contributed by atoms with E-state index in [0.29, 0.717) is 64.9 Å². The van der Waals surface area contributed by atoms with Crippen LogP contribution in [0.5, 0.6) is 0 Å². The number of nitrogens with zero attached hydrogens (tertiary/aromatic N) is 4. The fourth-order valence-corrected chi connectivity index (χ4v) is 8.65. The molecule has 7 rings (SSSR count). The number of carbonyl (C=O) groups excluding carboxylic acids is 4. The Morgan fingerprint density at radius 1 is 0.465 bits per heavy atom. The lowest BCUT2D eigenvalue weighted by atomic mass is 9.99. The van der Waals surface area contributed by atoms with Gasteiger partial charge in [0.25, 0.3) is 0 Å². The molecule has 0 aliphatic carbocycles. The van der Waals surface area contributed by atoms with Crippen LogP contribution in [0.4, 0.5) is 0 Å². The van der Waals surface area contributed by atoms with Gasteiger partial charge in [0.05, 0.1) is 34.9 Å². The second kappa shape index (κ2) is 24.8. The topological polar surface area (TPSA) is 211 Å². The molecule has 0 atom stereocenters. The van der Waals surface area contributed by atoms with E-state index in [-0.39, 0.29) is 62.4 Å². The van der Waals surface area contributed by atoms with Crippen LogP contribution in [0.15, 0.2) is 93.0 Å². The molecular weight excluding hydrogens is 897 g/mol. The van der Waals surface area contributed by atoms with Crippen LogP contribution in [0.1, 0.15) is 114 Å². The summed E-state index contributed by atoms with van der Waals surface area (Å²) in [5.41, 5.74) is 10.8. The lowest BCUT2D eigenvalue weighted by Crippen LogP contribution is -2.27. The molecule has 370 valence electrons. The molecule has 6 heterocycles. The molecule has 0 fully saturated rings. The molecule has 0 aliphatic rings. The highest BCUT2D eigenvalue weighted by atomic mass is 16.4. The van der Waals surface area contributed by atoms with Gasteiger partial charge in [-0.2, -0.15) is 0 Å². The number of rotatable bonds is 24. The highest BCUT2D eigenvalue weighted by Gasteiger charge is 2.21. The second-order valence-corrected chi connectivity index (χ2v) is 18.3. The van der Waals surface area contributed by atoms with Gasteiger partial charge in [0.15, 0.2) is 0 Å². The summed E-state index contributed by atoms with van der Waals surface area (Å²) in [6.07, 6.45) is 13.9. The molecule has 0 bridgehead atoms. The van der Waals surface area contributed by atoms with Crippen molar-refractivity contribution in [3.8, 4) is 22.8 Å². The molecule has 0 aliphatic heterocycles. The van der Waals surface area contributed by atoms with Gasteiger partial charge in [-0.1, -0.05) is 0 Å². The molecule has 6 aromatic heterocycles. The molecule has 4 N–H and O–H groups in total. The standard InChI is InChI=1S/C56H64N8O7/c1-35-18-24-57-46(28-35)48-30-40(20-26-59-48)12-6-8-22-61-50(65)14-10-16-52(67)63-33-44-37(3)42-32-43-45(39(5)70-55(43)38(4)54(42)71-56(44)69)34-64-53(68)17-11-15-51(66)62-23-9-7-13-41-21-27-60-49(31-41)47-29-36(2)19-25-58-47/h18-21,24-32H,6-17,22-23,33-34H2,1-5H3,(H,61,65)(H,62,66)(H,63,67)(H,64,68).